The molecule has 4 N–H and O–H groups in total. The summed E-state index contributed by atoms with van der Waals surface area (Å²) in [5.74, 6) is 1.15. The van der Waals surface area contributed by atoms with Gasteiger partial charge in [-0.1, -0.05) is 0 Å². The fourth-order valence-corrected chi connectivity index (χ4v) is 1.31. The van der Waals surface area contributed by atoms with Crippen LogP contribution in [-0.2, 0) is 0 Å². The topological polar surface area (TPSA) is 80.4 Å². The number of anilines is 1. The molecule has 0 aliphatic rings. The monoisotopic (exact) mass is 209 g/mol. The normalized spacial score (nSPS) is 9.53. The summed E-state index contributed by atoms with van der Waals surface area (Å²) in [6, 6.07) is 3.42. The van der Waals surface area contributed by atoms with E-state index in [1.165, 1.54) is 0 Å². The Morgan fingerprint density at radius 3 is 2.20 bits per heavy atom. The van der Waals surface area contributed by atoms with Gasteiger partial charge in [0, 0.05) is 24.4 Å². The van der Waals surface area contributed by atoms with E-state index in [1.807, 2.05) is 0 Å². The van der Waals surface area contributed by atoms with Crippen molar-refractivity contribution in [3.63, 3.8) is 0 Å². The number of nitrogen functional groups attached to an aromatic ring is 1. The molecule has 82 valence electrons. The van der Waals surface area contributed by atoms with Crippen LogP contribution < -0.4 is 20.5 Å². The first kappa shape index (κ1) is 11.2. The van der Waals surface area contributed by atoms with E-state index in [0.29, 0.717) is 17.1 Å². The minimum Gasteiger partial charge on any atom is -0.493 e. The van der Waals surface area contributed by atoms with Crippen LogP contribution in [0.25, 0.3) is 0 Å². The van der Waals surface area contributed by atoms with Crippen LogP contribution in [0.2, 0.25) is 0 Å². The lowest BCUT2D eigenvalue weighted by Crippen LogP contribution is -2.14. The summed E-state index contributed by atoms with van der Waals surface area (Å²) in [6.45, 7) is 0. The number of nitrogens with two attached hydrogens (primary N) is 1. The number of amidine groups is 1. The average molecular weight is 209 g/mol. The Hall–Kier alpha value is -1.91. The minimum atomic E-state index is -0.0136. The highest BCUT2D eigenvalue weighted by molar-refractivity contribution is 6.01. The Bertz CT molecular complexity index is 377. The highest BCUT2D eigenvalue weighted by atomic mass is 16.5. The van der Waals surface area contributed by atoms with Crippen LogP contribution in [0.5, 0.6) is 11.5 Å². The Labute approximate surface area is 88.7 Å². The maximum absolute atomic E-state index is 7.42. The summed E-state index contributed by atoms with van der Waals surface area (Å²) >= 11 is 0. The van der Waals surface area contributed by atoms with Crippen molar-refractivity contribution < 1.29 is 9.47 Å². The summed E-state index contributed by atoms with van der Waals surface area (Å²) in [6.07, 6.45) is 0. The standard InChI is InChI=1S/C10H15N3O2/c1-13-7-5-9(15-3)8(14-2)4-6(7)10(11)12/h4-5,13H,1-3H3,(H3,11,12). The van der Waals surface area contributed by atoms with E-state index < -0.39 is 0 Å². The molecule has 1 aromatic carbocycles. The number of rotatable bonds is 4. The Balaban J connectivity index is 3.34. The first-order chi connectivity index (χ1) is 7.13. The van der Waals surface area contributed by atoms with Crippen molar-refractivity contribution in [2.75, 3.05) is 26.6 Å². The number of hydrogen-bond acceptors (Lipinski definition) is 4. The second-order valence-electron chi connectivity index (χ2n) is 2.92. The molecule has 0 aliphatic heterocycles. The number of nitrogens with one attached hydrogen (secondary N) is 2. The van der Waals surface area contributed by atoms with Gasteiger partial charge in [-0.15, -0.1) is 0 Å². The van der Waals surface area contributed by atoms with Crippen LogP contribution in [0.3, 0.4) is 0 Å². The van der Waals surface area contributed by atoms with Gasteiger partial charge in [-0.05, 0) is 6.07 Å². The molecule has 0 fully saturated rings. The third kappa shape index (κ3) is 2.12. The molecule has 0 bridgehead atoms. The Morgan fingerprint density at radius 1 is 1.27 bits per heavy atom. The van der Waals surface area contributed by atoms with Crippen LogP contribution in [0.4, 0.5) is 5.69 Å². The predicted octanol–water partition coefficient (Wildman–Crippen LogP) is 1.03. The van der Waals surface area contributed by atoms with E-state index in [-0.39, 0.29) is 5.84 Å². The zero-order valence-electron chi connectivity index (χ0n) is 9.05. The van der Waals surface area contributed by atoms with Crippen molar-refractivity contribution in [3.8, 4) is 11.5 Å². The smallest absolute Gasteiger partial charge is 0.162 e. The molecule has 0 aliphatic carbocycles. The zero-order valence-corrected chi connectivity index (χ0v) is 9.05. The van der Waals surface area contributed by atoms with Crippen molar-refractivity contribution in [3.05, 3.63) is 17.7 Å². The molecule has 5 nitrogen and oxygen atoms in total. The highest BCUT2D eigenvalue weighted by Gasteiger charge is 2.11. The van der Waals surface area contributed by atoms with Crippen molar-refractivity contribution in [2.24, 2.45) is 5.73 Å². The molecular weight excluding hydrogens is 194 g/mol. The second kappa shape index (κ2) is 4.54. The molecule has 0 amide bonds. The average Bonchev–Trinajstić information content (AvgIpc) is 2.26. The number of ether oxygens (including phenoxy) is 2. The molecule has 0 atom stereocenters. The third-order valence-electron chi connectivity index (χ3n) is 2.08. The van der Waals surface area contributed by atoms with Gasteiger partial charge in [-0.2, -0.15) is 0 Å². The lowest BCUT2D eigenvalue weighted by atomic mass is 10.1. The summed E-state index contributed by atoms with van der Waals surface area (Å²) < 4.78 is 10.3. The van der Waals surface area contributed by atoms with E-state index in [1.54, 1.807) is 33.4 Å². The molecule has 0 unspecified atom stereocenters. The van der Waals surface area contributed by atoms with Gasteiger partial charge < -0.3 is 20.5 Å². The molecule has 0 spiro atoms. The van der Waals surface area contributed by atoms with Gasteiger partial charge in [0.1, 0.15) is 5.84 Å². The number of benzene rings is 1. The van der Waals surface area contributed by atoms with Gasteiger partial charge in [-0.3, -0.25) is 5.41 Å². The van der Waals surface area contributed by atoms with Gasteiger partial charge in [-0.25, -0.2) is 0 Å². The maximum atomic E-state index is 7.42. The largest absolute Gasteiger partial charge is 0.493 e. The Kier molecular flexibility index (Phi) is 3.38. The Morgan fingerprint density at radius 2 is 1.80 bits per heavy atom. The van der Waals surface area contributed by atoms with Gasteiger partial charge in [0.05, 0.1) is 14.2 Å². The van der Waals surface area contributed by atoms with E-state index in [0.717, 1.165) is 5.69 Å². The summed E-state index contributed by atoms with van der Waals surface area (Å²) in [4.78, 5) is 0. The van der Waals surface area contributed by atoms with Gasteiger partial charge in [0.2, 0.25) is 0 Å². The fraction of sp³-hybridized carbons (Fsp3) is 0.300. The number of methoxy groups -OCH3 is 2. The molecule has 0 saturated carbocycles. The molecule has 0 saturated heterocycles. The fourth-order valence-electron chi connectivity index (χ4n) is 1.31. The van der Waals surface area contributed by atoms with Crippen LogP contribution in [0.1, 0.15) is 5.56 Å². The van der Waals surface area contributed by atoms with E-state index >= 15 is 0 Å². The van der Waals surface area contributed by atoms with Crippen LogP contribution in [0.15, 0.2) is 12.1 Å². The van der Waals surface area contributed by atoms with Gasteiger partial charge in [0.15, 0.2) is 11.5 Å². The van der Waals surface area contributed by atoms with Gasteiger partial charge >= 0.3 is 0 Å². The van der Waals surface area contributed by atoms with Crippen LogP contribution in [0, 0.1) is 5.41 Å². The SMILES string of the molecule is CNc1cc(OC)c(OC)cc1C(=N)N. The molecule has 0 aromatic heterocycles. The molecule has 5 heteroatoms. The van der Waals surface area contributed by atoms with Crippen molar-refractivity contribution in [1.82, 2.24) is 0 Å². The minimum absolute atomic E-state index is 0.0136. The first-order valence-electron chi connectivity index (χ1n) is 4.42. The maximum Gasteiger partial charge on any atom is 0.162 e. The van der Waals surface area contributed by atoms with Crippen molar-refractivity contribution in [1.29, 1.82) is 5.41 Å². The lowest BCUT2D eigenvalue weighted by Gasteiger charge is -2.13. The van der Waals surface area contributed by atoms with Crippen LogP contribution in [-0.4, -0.2) is 27.1 Å². The lowest BCUT2D eigenvalue weighted by molar-refractivity contribution is 0.355. The second-order valence-corrected chi connectivity index (χ2v) is 2.92. The third-order valence-corrected chi connectivity index (χ3v) is 2.08. The molecule has 1 aromatic rings. The molecule has 0 radical (unpaired) electrons. The van der Waals surface area contributed by atoms with E-state index in [4.69, 9.17) is 20.6 Å². The zero-order chi connectivity index (χ0) is 11.4. The van der Waals surface area contributed by atoms with E-state index in [2.05, 4.69) is 5.32 Å². The van der Waals surface area contributed by atoms with Crippen molar-refractivity contribution in [2.45, 2.75) is 0 Å². The molecule has 0 heterocycles. The van der Waals surface area contributed by atoms with Gasteiger partial charge in [0.25, 0.3) is 0 Å². The van der Waals surface area contributed by atoms with Crippen LogP contribution >= 0.6 is 0 Å². The molecule has 15 heavy (non-hydrogen) atoms. The van der Waals surface area contributed by atoms with E-state index in [9.17, 15) is 0 Å². The number of hydrogen-bond donors (Lipinski definition) is 3. The predicted molar refractivity (Wildman–Crippen MR) is 60.1 cm³/mol. The van der Waals surface area contributed by atoms with Crippen molar-refractivity contribution >= 4 is 11.5 Å². The summed E-state index contributed by atoms with van der Waals surface area (Å²) in [5, 5.41) is 10.4. The first-order valence-corrected chi connectivity index (χ1v) is 4.42. The summed E-state index contributed by atoms with van der Waals surface area (Å²) in [7, 11) is 4.86. The summed E-state index contributed by atoms with van der Waals surface area (Å²) in [5.41, 5.74) is 6.78. The highest BCUT2D eigenvalue weighted by Crippen LogP contribution is 2.32. The molecule has 1 rings (SSSR count). The quantitative estimate of drug-likeness (QED) is 0.511. The molecular formula is C10H15N3O2.